The molecule has 0 saturated carbocycles. The molecule has 3 aromatic rings. The molecule has 2 aromatic heterocycles. The van der Waals surface area contributed by atoms with Gasteiger partial charge in [0, 0.05) is 5.39 Å². The molecule has 2 N–H and O–H groups in total. The maximum Gasteiger partial charge on any atom is 0.586 e. The molecule has 0 radical (unpaired) electrons. The predicted molar refractivity (Wildman–Crippen MR) is 119 cm³/mol. The van der Waals surface area contributed by atoms with Crippen molar-refractivity contribution in [3.8, 4) is 11.5 Å². The summed E-state index contributed by atoms with van der Waals surface area (Å²) in [7, 11) is 0. The Balaban J connectivity index is 0.000000254. The third kappa shape index (κ3) is 6.14. The standard InChI is InChI=1S/C11H7F2N5O2.C6H13F.C5H12/c1-4-15-9-5-2-3-6-8(20-11(12,13)19-6)7(5)16-10(14)18(9)17-4;1-3-5-6(7)4-2;1-3-5-4-2/h2-3H,1H3,(H2,14,16);6H,3-5H2,1-2H3;3-5H2,1-2H3/t;6-;/m.0./s1. The molecule has 10 heteroatoms. The molecule has 7 nitrogen and oxygen atoms in total. The van der Waals surface area contributed by atoms with E-state index in [0.29, 0.717) is 23.3 Å². The van der Waals surface area contributed by atoms with E-state index in [4.69, 9.17) is 5.73 Å². The Morgan fingerprint density at radius 3 is 2.28 bits per heavy atom. The molecule has 0 aliphatic carbocycles. The van der Waals surface area contributed by atoms with Gasteiger partial charge in [0.15, 0.2) is 17.1 Å². The molecule has 3 heterocycles. The number of alkyl halides is 3. The van der Waals surface area contributed by atoms with E-state index in [0.717, 1.165) is 12.8 Å². The summed E-state index contributed by atoms with van der Waals surface area (Å²) in [4.78, 5) is 8.27. The highest BCUT2D eigenvalue weighted by molar-refractivity contribution is 5.97. The molecule has 1 aliphatic rings. The van der Waals surface area contributed by atoms with Crippen molar-refractivity contribution < 1.29 is 22.6 Å². The van der Waals surface area contributed by atoms with Gasteiger partial charge >= 0.3 is 6.29 Å². The molecular weight excluding hydrogens is 423 g/mol. The highest BCUT2D eigenvalue weighted by Gasteiger charge is 2.44. The van der Waals surface area contributed by atoms with E-state index in [1.54, 1.807) is 13.0 Å². The van der Waals surface area contributed by atoms with Crippen LogP contribution in [0.2, 0.25) is 0 Å². The zero-order chi connectivity index (χ0) is 23.9. The van der Waals surface area contributed by atoms with Gasteiger partial charge in [0.05, 0.1) is 6.17 Å². The average Bonchev–Trinajstić information content (AvgIpc) is 3.28. The van der Waals surface area contributed by atoms with Gasteiger partial charge in [-0.2, -0.15) is 4.52 Å². The number of hydrogen-bond acceptors (Lipinski definition) is 6. The van der Waals surface area contributed by atoms with Crippen LogP contribution >= 0.6 is 0 Å². The lowest BCUT2D eigenvalue weighted by Crippen LogP contribution is -2.26. The minimum Gasteiger partial charge on any atom is -0.395 e. The number of nitrogens with two attached hydrogens (primary N) is 1. The summed E-state index contributed by atoms with van der Waals surface area (Å²) in [6.07, 6.45) is 2.19. The lowest BCUT2D eigenvalue weighted by Gasteiger charge is -2.05. The van der Waals surface area contributed by atoms with E-state index in [1.165, 1.54) is 29.8 Å². The van der Waals surface area contributed by atoms with Crippen LogP contribution in [0.1, 0.15) is 72.0 Å². The second-order valence-corrected chi connectivity index (χ2v) is 7.47. The Bertz CT molecular complexity index is 1020. The van der Waals surface area contributed by atoms with E-state index in [1.807, 2.05) is 13.8 Å². The number of fused-ring (bicyclic) bond motifs is 5. The van der Waals surface area contributed by atoms with Crippen molar-refractivity contribution in [1.82, 2.24) is 19.6 Å². The Morgan fingerprint density at radius 1 is 1.06 bits per heavy atom. The summed E-state index contributed by atoms with van der Waals surface area (Å²) in [6.45, 7) is 10.00. The van der Waals surface area contributed by atoms with Gasteiger partial charge in [0.1, 0.15) is 11.3 Å². The average molecular weight is 456 g/mol. The largest absolute Gasteiger partial charge is 0.586 e. The topological polar surface area (TPSA) is 87.6 Å². The van der Waals surface area contributed by atoms with Gasteiger partial charge in [-0.15, -0.1) is 13.9 Å². The number of unbranched alkanes of at least 4 members (excludes halogenated alkanes) is 2. The van der Waals surface area contributed by atoms with E-state index < -0.39 is 12.5 Å². The zero-order valence-electron chi connectivity index (χ0n) is 19.3. The Kier molecular flexibility index (Phi) is 8.91. The predicted octanol–water partition coefficient (Wildman–Crippen LogP) is 6.22. The summed E-state index contributed by atoms with van der Waals surface area (Å²) in [5.41, 5.74) is 6.35. The molecule has 0 bridgehead atoms. The van der Waals surface area contributed by atoms with Crippen LogP contribution in [0.3, 0.4) is 0 Å². The van der Waals surface area contributed by atoms with Crippen molar-refractivity contribution in [3.05, 3.63) is 18.0 Å². The maximum atomic E-state index is 13.1. The van der Waals surface area contributed by atoms with Crippen molar-refractivity contribution in [2.45, 2.75) is 85.6 Å². The van der Waals surface area contributed by atoms with Gasteiger partial charge in [-0.3, -0.25) is 0 Å². The molecule has 4 rings (SSSR count). The first kappa shape index (κ1) is 25.5. The van der Waals surface area contributed by atoms with Gasteiger partial charge < -0.3 is 15.2 Å². The van der Waals surface area contributed by atoms with Gasteiger partial charge in [-0.1, -0.05) is 53.4 Å². The lowest BCUT2D eigenvalue weighted by molar-refractivity contribution is -0.286. The summed E-state index contributed by atoms with van der Waals surface area (Å²) in [6, 6.07) is 2.94. The van der Waals surface area contributed by atoms with Crippen molar-refractivity contribution in [3.63, 3.8) is 0 Å². The molecule has 32 heavy (non-hydrogen) atoms. The molecule has 0 unspecified atom stereocenters. The van der Waals surface area contributed by atoms with Crippen LogP contribution in [0.5, 0.6) is 11.5 Å². The Labute approximate surface area is 186 Å². The smallest absolute Gasteiger partial charge is 0.395 e. The van der Waals surface area contributed by atoms with E-state index >= 15 is 0 Å². The van der Waals surface area contributed by atoms with E-state index in [2.05, 4.69) is 38.4 Å². The van der Waals surface area contributed by atoms with Crippen LogP contribution in [-0.2, 0) is 0 Å². The van der Waals surface area contributed by atoms with Crippen LogP contribution in [0.25, 0.3) is 16.6 Å². The van der Waals surface area contributed by atoms with Gasteiger partial charge in [0.2, 0.25) is 5.95 Å². The molecule has 0 fully saturated rings. The van der Waals surface area contributed by atoms with Crippen LogP contribution in [-0.4, -0.2) is 32.0 Å². The highest BCUT2D eigenvalue weighted by Crippen LogP contribution is 2.45. The second kappa shape index (κ2) is 11.2. The number of ether oxygens (including phenoxy) is 2. The van der Waals surface area contributed by atoms with Crippen LogP contribution < -0.4 is 15.2 Å². The number of aromatic nitrogens is 4. The molecule has 0 spiro atoms. The molecular formula is C22H32F3N5O2. The van der Waals surface area contributed by atoms with Crippen molar-refractivity contribution in [2.75, 3.05) is 5.73 Å². The number of halogens is 3. The van der Waals surface area contributed by atoms with Crippen LogP contribution in [0.15, 0.2) is 12.1 Å². The van der Waals surface area contributed by atoms with Gasteiger partial charge in [0.25, 0.3) is 0 Å². The first-order chi connectivity index (χ1) is 15.2. The quantitative estimate of drug-likeness (QED) is 0.491. The van der Waals surface area contributed by atoms with Gasteiger partial charge in [-0.25, -0.2) is 14.4 Å². The second-order valence-electron chi connectivity index (χ2n) is 7.47. The number of nitrogens with zero attached hydrogens (tertiary/aromatic N) is 4. The van der Waals surface area contributed by atoms with E-state index in [-0.39, 0.29) is 23.0 Å². The first-order valence-corrected chi connectivity index (χ1v) is 11.0. The van der Waals surface area contributed by atoms with Gasteiger partial charge in [-0.05, 0) is 31.9 Å². The van der Waals surface area contributed by atoms with Crippen LogP contribution in [0, 0.1) is 6.92 Å². The molecule has 1 atom stereocenters. The normalized spacial score (nSPS) is 14.5. The Morgan fingerprint density at radius 2 is 1.75 bits per heavy atom. The highest BCUT2D eigenvalue weighted by atomic mass is 19.3. The van der Waals surface area contributed by atoms with Crippen molar-refractivity contribution >= 4 is 22.5 Å². The van der Waals surface area contributed by atoms with Crippen LogP contribution in [0.4, 0.5) is 19.1 Å². The third-order valence-corrected chi connectivity index (χ3v) is 4.69. The number of benzene rings is 1. The summed E-state index contributed by atoms with van der Waals surface area (Å²) in [5, 5.41) is 4.58. The third-order valence-electron chi connectivity index (χ3n) is 4.69. The first-order valence-electron chi connectivity index (χ1n) is 11.0. The van der Waals surface area contributed by atoms with E-state index in [9.17, 15) is 13.2 Å². The fourth-order valence-electron chi connectivity index (χ4n) is 3.07. The SMILES string of the molecule is CCCCC.CCC[C@@H](F)CC.Cc1nc2c3ccc4c(c3nc(N)n2n1)OC(F)(F)O4. The summed E-state index contributed by atoms with van der Waals surface area (Å²) in [5.74, 6) is 0.284. The lowest BCUT2D eigenvalue weighted by atomic mass is 10.2. The minimum absolute atomic E-state index is 0.0281. The molecule has 0 amide bonds. The number of nitrogen functional groups attached to an aromatic ring is 1. The monoisotopic (exact) mass is 455 g/mol. The summed E-state index contributed by atoms with van der Waals surface area (Å²) < 4.78 is 48.6. The zero-order valence-corrected chi connectivity index (χ0v) is 19.3. The number of hydrogen-bond donors (Lipinski definition) is 1. The van der Waals surface area contributed by atoms with Crippen molar-refractivity contribution in [1.29, 1.82) is 0 Å². The maximum absolute atomic E-state index is 13.1. The fourth-order valence-corrected chi connectivity index (χ4v) is 3.07. The fraction of sp³-hybridized carbons (Fsp3) is 0.591. The van der Waals surface area contributed by atoms with Crippen molar-refractivity contribution in [2.24, 2.45) is 0 Å². The molecule has 1 aliphatic heterocycles. The Hall–Kier alpha value is -2.78. The number of anilines is 1. The number of rotatable bonds is 5. The minimum atomic E-state index is -3.71. The molecule has 178 valence electrons. The number of aryl methyl sites for hydroxylation is 1. The summed E-state index contributed by atoms with van der Waals surface area (Å²) >= 11 is 0. The molecule has 0 saturated heterocycles. The molecule has 1 aromatic carbocycles.